The van der Waals surface area contributed by atoms with E-state index in [0.29, 0.717) is 32.4 Å². The Bertz CT molecular complexity index is 625. The van der Waals surface area contributed by atoms with E-state index in [-0.39, 0.29) is 21.9 Å². The normalized spacial score (nSPS) is 16.7. The van der Waals surface area contributed by atoms with E-state index in [4.69, 9.17) is 11.6 Å². The zero-order chi connectivity index (χ0) is 16.2. The Labute approximate surface area is 136 Å². The van der Waals surface area contributed by atoms with Gasteiger partial charge in [0.1, 0.15) is 4.90 Å². The van der Waals surface area contributed by atoms with Gasteiger partial charge in [-0.05, 0) is 31.4 Å². The molecule has 1 aliphatic rings. The molecule has 1 aromatic rings. The molecule has 7 heteroatoms. The van der Waals surface area contributed by atoms with Gasteiger partial charge < -0.3 is 4.90 Å². The molecule has 0 spiro atoms. The molecule has 1 amide bonds. The molecule has 122 valence electrons. The van der Waals surface area contributed by atoms with Crippen molar-refractivity contribution in [2.75, 3.05) is 13.1 Å². The van der Waals surface area contributed by atoms with Crippen molar-refractivity contribution in [3.8, 4) is 0 Å². The second kappa shape index (κ2) is 7.44. The molecule has 0 atom stereocenters. The van der Waals surface area contributed by atoms with Crippen molar-refractivity contribution in [3.05, 3.63) is 29.3 Å². The third-order valence-electron chi connectivity index (χ3n) is 3.76. The summed E-state index contributed by atoms with van der Waals surface area (Å²) in [6, 6.07) is 6.23. The summed E-state index contributed by atoms with van der Waals surface area (Å²) in [5.74, 6) is 0.148. The second-order valence-electron chi connectivity index (χ2n) is 5.46. The maximum Gasteiger partial charge on any atom is 0.242 e. The summed E-state index contributed by atoms with van der Waals surface area (Å²) in [4.78, 5) is 13.7. The van der Waals surface area contributed by atoms with Gasteiger partial charge in [-0.25, -0.2) is 13.1 Å². The number of halogens is 1. The molecule has 1 saturated heterocycles. The second-order valence-corrected chi connectivity index (χ2v) is 7.55. The molecule has 0 aliphatic carbocycles. The van der Waals surface area contributed by atoms with E-state index < -0.39 is 10.0 Å². The number of amides is 1. The lowest BCUT2D eigenvalue weighted by atomic mass is 10.1. The van der Waals surface area contributed by atoms with E-state index in [2.05, 4.69) is 4.72 Å². The molecular weight excluding hydrogens is 324 g/mol. The highest BCUT2D eigenvalue weighted by Crippen LogP contribution is 2.22. The maximum atomic E-state index is 12.4. The summed E-state index contributed by atoms with van der Waals surface area (Å²) in [6.45, 7) is 3.16. The number of sulfonamides is 1. The quantitative estimate of drug-likeness (QED) is 0.892. The molecule has 0 bridgehead atoms. The van der Waals surface area contributed by atoms with Crippen molar-refractivity contribution in [1.82, 2.24) is 9.62 Å². The van der Waals surface area contributed by atoms with Gasteiger partial charge in [0.2, 0.25) is 15.9 Å². The van der Waals surface area contributed by atoms with E-state index in [1.165, 1.54) is 6.07 Å². The molecule has 0 unspecified atom stereocenters. The third kappa shape index (κ3) is 4.21. The van der Waals surface area contributed by atoms with Crippen LogP contribution in [0.25, 0.3) is 0 Å². The fourth-order valence-corrected chi connectivity index (χ4v) is 4.39. The lowest BCUT2D eigenvalue weighted by molar-refractivity contribution is -0.132. The van der Waals surface area contributed by atoms with Crippen LogP contribution < -0.4 is 4.72 Å². The van der Waals surface area contributed by atoms with Crippen LogP contribution in [0.15, 0.2) is 29.2 Å². The van der Waals surface area contributed by atoms with Crippen LogP contribution in [-0.4, -0.2) is 38.4 Å². The number of hydrogen-bond acceptors (Lipinski definition) is 3. The zero-order valence-electron chi connectivity index (χ0n) is 12.6. The molecule has 1 heterocycles. The first-order valence-electron chi connectivity index (χ1n) is 7.48. The van der Waals surface area contributed by atoms with E-state index in [0.717, 1.165) is 6.42 Å². The fourth-order valence-electron chi connectivity index (χ4n) is 2.56. The average Bonchev–Trinajstić information content (AvgIpc) is 2.48. The largest absolute Gasteiger partial charge is 0.343 e. The zero-order valence-corrected chi connectivity index (χ0v) is 14.2. The van der Waals surface area contributed by atoms with Crippen molar-refractivity contribution >= 4 is 27.5 Å². The molecule has 1 aromatic carbocycles. The van der Waals surface area contributed by atoms with Crippen molar-refractivity contribution in [3.63, 3.8) is 0 Å². The van der Waals surface area contributed by atoms with Gasteiger partial charge in [0.15, 0.2) is 0 Å². The summed E-state index contributed by atoms with van der Waals surface area (Å²) in [6.07, 6.45) is 2.63. The molecule has 2 rings (SSSR count). The number of carbonyl (C=O) groups excluding carboxylic acids is 1. The number of likely N-dealkylation sites (tertiary alicyclic amines) is 1. The Kier molecular flexibility index (Phi) is 5.83. The number of nitrogens with one attached hydrogen (secondary N) is 1. The topological polar surface area (TPSA) is 66.5 Å². The summed E-state index contributed by atoms with van der Waals surface area (Å²) in [5, 5.41) is 0.213. The van der Waals surface area contributed by atoms with Gasteiger partial charge in [0.25, 0.3) is 0 Å². The fraction of sp³-hybridized carbons (Fsp3) is 0.533. The van der Waals surface area contributed by atoms with Crippen LogP contribution in [0.5, 0.6) is 0 Å². The van der Waals surface area contributed by atoms with Crippen molar-refractivity contribution in [2.24, 2.45) is 0 Å². The molecule has 5 nitrogen and oxygen atoms in total. The minimum Gasteiger partial charge on any atom is -0.343 e. The summed E-state index contributed by atoms with van der Waals surface area (Å²) in [7, 11) is -3.62. The highest BCUT2D eigenvalue weighted by Gasteiger charge is 2.27. The number of nitrogens with zero attached hydrogens (tertiary/aromatic N) is 1. The summed E-state index contributed by atoms with van der Waals surface area (Å²) < 4.78 is 27.4. The Morgan fingerprint density at radius 2 is 1.95 bits per heavy atom. The van der Waals surface area contributed by atoms with Crippen LogP contribution in [0, 0.1) is 0 Å². The number of hydrogen-bond donors (Lipinski definition) is 1. The molecule has 1 fully saturated rings. The summed E-state index contributed by atoms with van der Waals surface area (Å²) >= 11 is 5.95. The number of benzene rings is 1. The lowest BCUT2D eigenvalue weighted by Gasteiger charge is -2.32. The van der Waals surface area contributed by atoms with E-state index >= 15 is 0 Å². The highest BCUT2D eigenvalue weighted by molar-refractivity contribution is 7.89. The third-order valence-corrected chi connectivity index (χ3v) is 5.78. The van der Waals surface area contributed by atoms with Gasteiger partial charge in [-0.2, -0.15) is 0 Å². The van der Waals surface area contributed by atoms with Crippen LogP contribution in [0.3, 0.4) is 0 Å². The van der Waals surface area contributed by atoms with Gasteiger partial charge in [-0.3, -0.25) is 4.79 Å². The van der Waals surface area contributed by atoms with Gasteiger partial charge in [-0.1, -0.05) is 30.7 Å². The smallest absolute Gasteiger partial charge is 0.242 e. The molecule has 0 saturated carbocycles. The van der Waals surface area contributed by atoms with Gasteiger partial charge in [0, 0.05) is 25.6 Å². The predicted octanol–water partition coefficient (Wildman–Crippen LogP) is 2.41. The maximum absolute atomic E-state index is 12.4. The Morgan fingerprint density at radius 3 is 2.55 bits per heavy atom. The molecule has 1 N–H and O–H groups in total. The number of rotatable bonds is 5. The Hall–Kier alpha value is -1.11. The molecule has 22 heavy (non-hydrogen) atoms. The monoisotopic (exact) mass is 344 g/mol. The molecule has 1 aliphatic heterocycles. The minimum atomic E-state index is -3.62. The standard InChI is InChI=1S/C15H21ClN2O3S/c1-2-5-15(19)18-10-8-12(9-11-18)17-22(20,21)14-7-4-3-6-13(14)16/h3-4,6-7,12,17H,2,5,8-11H2,1H3. The number of piperidine rings is 1. The van der Waals surface area contributed by atoms with E-state index in [9.17, 15) is 13.2 Å². The van der Waals surface area contributed by atoms with Crippen LogP contribution in [0.4, 0.5) is 0 Å². The lowest BCUT2D eigenvalue weighted by Crippen LogP contribution is -2.46. The van der Waals surface area contributed by atoms with Crippen LogP contribution in [-0.2, 0) is 14.8 Å². The molecule has 0 aromatic heterocycles. The first-order valence-corrected chi connectivity index (χ1v) is 9.35. The van der Waals surface area contributed by atoms with Crippen molar-refractivity contribution in [1.29, 1.82) is 0 Å². The predicted molar refractivity (Wildman–Crippen MR) is 86.3 cm³/mol. The minimum absolute atomic E-state index is 0.0983. The first-order chi connectivity index (χ1) is 10.4. The van der Waals surface area contributed by atoms with Gasteiger partial charge >= 0.3 is 0 Å². The van der Waals surface area contributed by atoms with E-state index in [1.54, 1.807) is 18.2 Å². The summed E-state index contributed by atoms with van der Waals surface area (Å²) in [5.41, 5.74) is 0. The van der Waals surface area contributed by atoms with Crippen molar-refractivity contribution < 1.29 is 13.2 Å². The van der Waals surface area contributed by atoms with Crippen LogP contribution >= 0.6 is 11.6 Å². The average molecular weight is 345 g/mol. The van der Waals surface area contributed by atoms with E-state index in [1.807, 2.05) is 11.8 Å². The SMILES string of the molecule is CCCC(=O)N1CCC(NS(=O)(=O)c2ccccc2Cl)CC1. The Morgan fingerprint density at radius 1 is 1.32 bits per heavy atom. The Balaban J connectivity index is 1.96. The van der Waals surface area contributed by atoms with Gasteiger partial charge in [-0.15, -0.1) is 0 Å². The van der Waals surface area contributed by atoms with Crippen molar-refractivity contribution in [2.45, 2.75) is 43.5 Å². The highest BCUT2D eigenvalue weighted by atomic mass is 35.5. The number of carbonyl (C=O) groups is 1. The van der Waals surface area contributed by atoms with Crippen LogP contribution in [0.1, 0.15) is 32.6 Å². The molecule has 0 radical (unpaired) electrons. The van der Waals surface area contributed by atoms with Crippen LogP contribution in [0.2, 0.25) is 5.02 Å². The van der Waals surface area contributed by atoms with Gasteiger partial charge in [0.05, 0.1) is 5.02 Å². The first kappa shape index (κ1) is 17.2. The molecular formula is C15H21ClN2O3S.